The molecule has 2 atom stereocenters. The first-order valence-electron chi connectivity index (χ1n) is 5.28. The topological polar surface area (TPSA) is 12.5 Å². The number of halogens is 1. The van der Waals surface area contributed by atoms with Crippen molar-refractivity contribution in [2.45, 2.75) is 26.8 Å². The highest BCUT2D eigenvalue weighted by Gasteiger charge is 2.17. The first-order valence-corrected chi connectivity index (χ1v) is 6.40. The number of rotatable bonds is 7. The van der Waals surface area contributed by atoms with Crippen LogP contribution in [0.25, 0.3) is 0 Å². The van der Waals surface area contributed by atoms with Gasteiger partial charge in [-0.2, -0.15) is 0 Å². The lowest BCUT2D eigenvalue weighted by molar-refractivity contribution is 0.103. The maximum atomic E-state index is 5.15. The average molecular weight is 266 g/mol. The summed E-state index contributed by atoms with van der Waals surface area (Å²) in [5.41, 5.74) is 0. The molecule has 2 unspecified atom stereocenters. The molecule has 0 radical (unpaired) electrons. The minimum absolute atomic E-state index is 0.500. The Kier molecular flexibility index (Phi) is 7.88. The quantitative estimate of drug-likeness (QED) is 0.657. The summed E-state index contributed by atoms with van der Waals surface area (Å²) in [4.78, 5) is 2.37. The second-order valence-electron chi connectivity index (χ2n) is 4.40. The molecule has 0 N–H and O–H groups in total. The molecule has 0 aromatic rings. The first kappa shape index (κ1) is 14.4. The van der Waals surface area contributed by atoms with Crippen LogP contribution < -0.4 is 0 Å². The maximum Gasteiger partial charge on any atom is 0.0615 e. The van der Waals surface area contributed by atoms with Crippen molar-refractivity contribution in [3.63, 3.8) is 0 Å². The van der Waals surface area contributed by atoms with Crippen LogP contribution in [-0.2, 0) is 4.74 Å². The molecule has 0 saturated heterocycles. The molecule has 0 aliphatic rings. The van der Waals surface area contributed by atoms with E-state index in [-0.39, 0.29) is 0 Å². The van der Waals surface area contributed by atoms with Crippen molar-refractivity contribution in [1.29, 1.82) is 0 Å². The van der Waals surface area contributed by atoms with E-state index in [0.717, 1.165) is 30.3 Å². The molecule has 0 saturated carbocycles. The molecule has 0 heterocycles. The summed E-state index contributed by atoms with van der Waals surface area (Å²) in [5.74, 6) is 1.45. The van der Waals surface area contributed by atoms with Gasteiger partial charge >= 0.3 is 0 Å². The SMILES string of the molecule is COCC(C)N(C)CC(CBr)C(C)C. The Balaban J connectivity index is 3.94. The van der Waals surface area contributed by atoms with Gasteiger partial charge < -0.3 is 9.64 Å². The molecule has 2 nitrogen and oxygen atoms in total. The summed E-state index contributed by atoms with van der Waals surface area (Å²) < 4.78 is 5.15. The minimum atomic E-state index is 0.500. The standard InChI is InChI=1S/C11H24BrNO/c1-9(2)11(6-12)7-13(4)10(3)8-14-5/h9-11H,6-8H2,1-5H3. The van der Waals surface area contributed by atoms with Crippen molar-refractivity contribution < 1.29 is 4.74 Å². The van der Waals surface area contributed by atoms with Gasteiger partial charge in [0.2, 0.25) is 0 Å². The Labute approximate surface area is 97.1 Å². The summed E-state index contributed by atoms with van der Waals surface area (Å²) in [6.45, 7) is 8.70. The minimum Gasteiger partial charge on any atom is -0.383 e. The van der Waals surface area contributed by atoms with Gasteiger partial charge in [0.15, 0.2) is 0 Å². The van der Waals surface area contributed by atoms with Crippen LogP contribution in [0.2, 0.25) is 0 Å². The Hall–Kier alpha value is 0.400. The predicted molar refractivity (Wildman–Crippen MR) is 66.1 cm³/mol. The van der Waals surface area contributed by atoms with E-state index in [1.54, 1.807) is 7.11 Å². The number of hydrogen-bond donors (Lipinski definition) is 0. The average Bonchev–Trinajstić information content (AvgIpc) is 2.13. The van der Waals surface area contributed by atoms with Crippen LogP contribution in [0, 0.1) is 11.8 Å². The third-order valence-corrected chi connectivity index (χ3v) is 3.66. The zero-order chi connectivity index (χ0) is 11.1. The highest BCUT2D eigenvalue weighted by atomic mass is 79.9. The molecule has 0 aromatic carbocycles. The Bertz CT molecular complexity index is 141. The lowest BCUT2D eigenvalue weighted by Crippen LogP contribution is -2.38. The molecule has 0 spiro atoms. The van der Waals surface area contributed by atoms with Gasteiger partial charge in [-0.15, -0.1) is 0 Å². The molecule has 3 heteroatoms. The van der Waals surface area contributed by atoms with Crippen LogP contribution in [0.1, 0.15) is 20.8 Å². The highest BCUT2D eigenvalue weighted by Crippen LogP contribution is 2.15. The van der Waals surface area contributed by atoms with Gasteiger partial charge in [-0.05, 0) is 25.8 Å². The van der Waals surface area contributed by atoms with Gasteiger partial charge in [-0.1, -0.05) is 29.8 Å². The maximum absolute atomic E-state index is 5.15. The first-order chi connectivity index (χ1) is 6.52. The molecule has 14 heavy (non-hydrogen) atoms. The van der Waals surface area contributed by atoms with E-state index in [1.165, 1.54) is 0 Å². The van der Waals surface area contributed by atoms with Crippen LogP contribution in [0.3, 0.4) is 0 Å². The van der Waals surface area contributed by atoms with Crippen LogP contribution in [-0.4, -0.2) is 43.6 Å². The number of nitrogens with zero attached hydrogens (tertiary/aromatic N) is 1. The molecule has 0 bridgehead atoms. The summed E-state index contributed by atoms with van der Waals surface area (Å²) in [5, 5.41) is 1.08. The summed E-state index contributed by atoms with van der Waals surface area (Å²) in [6.07, 6.45) is 0. The Morgan fingerprint density at radius 3 is 2.21 bits per heavy atom. The Morgan fingerprint density at radius 1 is 1.29 bits per heavy atom. The van der Waals surface area contributed by atoms with Crippen LogP contribution in [0.4, 0.5) is 0 Å². The largest absolute Gasteiger partial charge is 0.383 e. The van der Waals surface area contributed by atoms with Crippen LogP contribution in [0.5, 0.6) is 0 Å². The van der Waals surface area contributed by atoms with Crippen molar-refractivity contribution in [2.75, 3.05) is 32.6 Å². The van der Waals surface area contributed by atoms with Crippen LogP contribution >= 0.6 is 15.9 Å². The molecule has 86 valence electrons. The molecule has 0 aliphatic heterocycles. The van der Waals surface area contributed by atoms with E-state index in [4.69, 9.17) is 4.74 Å². The van der Waals surface area contributed by atoms with Gasteiger partial charge in [-0.3, -0.25) is 0 Å². The second kappa shape index (κ2) is 7.66. The monoisotopic (exact) mass is 265 g/mol. The van der Waals surface area contributed by atoms with E-state index in [2.05, 4.69) is 48.6 Å². The van der Waals surface area contributed by atoms with Crippen molar-refractivity contribution in [1.82, 2.24) is 4.90 Å². The smallest absolute Gasteiger partial charge is 0.0615 e. The fraction of sp³-hybridized carbons (Fsp3) is 1.00. The number of alkyl halides is 1. The molecule has 0 rings (SSSR count). The summed E-state index contributed by atoms with van der Waals surface area (Å²) in [6, 6.07) is 0.500. The lowest BCUT2D eigenvalue weighted by Gasteiger charge is -2.29. The van der Waals surface area contributed by atoms with Gasteiger partial charge in [0.25, 0.3) is 0 Å². The molecule has 0 aromatic heterocycles. The van der Waals surface area contributed by atoms with E-state index in [9.17, 15) is 0 Å². The fourth-order valence-electron chi connectivity index (χ4n) is 1.36. The molecular formula is C11H24BrNO. The third kappa shape index (κ3) is 5.32. The predicted octanol–water partition coefficient (Wildman–Crippen LogP) is 2.62. The summed E-state index contributed by atoms with van der Waals surface area (Å²) >= 11 is 3.58. The molecular weight excluding hydrogens is 242 g/mol. The third-order valence-electron chi connectivity index (χ3n) is 2.82. The Morgan fingerprint density at radius 2 is 1.86 bits per heavy atom. The van der Waals surface area contributed by atoms with Crippen molar-refractivity contribution in [3.05, 3.63) is 0 Å². The number of ether oxygens (including phenoxy) is 1. The van der Waals surface area contributed by atoms with E-state index >= 15 is 0 Å². The molecule has 0 amide bonds. The normalized spacial score (nSPS) is 16.3. The zero-order valence-electron chi connectivity index (χ0n) is 10.1. The van der Waals surface area contributed by atoms with Gasteiger partial charge in [0.1, 0.15) is 0 Å². The fourth-order valence-corrected chi connectivity index (χ4v) is 2.31. The van der Waals surface area contributed by atoms with Gasteiger partial charge in [0, 0.05) is 25.0 Å². The van der Waals surface area contributed by atoms with Crippen molar-refractivity contribution in [3.8, 4) is 0 Å². The van der Waals surface area contributed by atoms with Crippen molar-refractivity contribution >= 4 is 15.9 Å². The number of hydrogen-bond acceptors (Lipinski definition) is 2. The van der Waals surface area contributed by atoms with E-state index < -0.39 is 0 Å². The van der Waals surface area contributed by atoms with Gasteiger partial charge in [0.05, 0.1) is 6.61 Å². The van der Waals surface area contributed by atoms with E-state index in [1.807, 2.05) is 0 Å². The van der Waals surface area contributed by atoms with Gasteiger partial charge in [-0.25, -0.2) is 0 Å². The van der Waals surface area contributed by atoms with Crippen molar-refractivity contribution in [2.24, 2.45) is 11.8 Å². The second-order valence-corrected chi connectivity index (χ2v) is 5.05. The number of methoxy groups -OCH3 is 1. The highest BCUT2D eigenvalue weighted by molar-refractivity contribution is 9.09. The number of likely N-dealkylation sites (N-methyl/N-ethyl adjacent to an activating group) is 1. The zero-order valence-corrected chi connectivity index (χ0v) is 11.7. The van der Waals surface area contributed by atoms with Crippen LogP contribution in [0.15, 0.2) is 0 Å². The van der Waals surface area contributed by atoms with E-state index in [0.29, 0.717) is 6.04 Å². The summed E-state index contributed by atoms with van der Waals surface area (Å²) in [7, 11) is 3.93. The molecule has 0 fully saturated rings. The molecule has 0 aliphatic carbocycles. The lowest BCUT2D eigenvalue weighted by atomic mass is 9.97.